The second-order valence-electron chi connectivity index (χ2n) is 5.57. The molecule has 0 fully saturated rings. The number of rotatable bonds is 1. The summed E-state index contributed by atoms with van der Waals surface area (Å²) in [7, 11) is 0. The number of nitrogens with zero attached hydrogens (tertiary/aromatic N) is 4. The third kappa shape index (κ3) is 2.91. The van der Waals surface area contributed by atoms with Crippen molar-refractivity contribution in [3.63, 3.8) is 0 Å². The summed E-state index contributed by atoms with van der Waals surface area (Å²) in [6, 6.07) is 0. The Hall–Kier alpha value is -1.92. The number of carbonyl (C=O) groups is 2. The smallest absolute Gasteiger partial charge is 0.410 e. The van der Waals surface area contributed by atoms with Gasteiger partial charge in [0.1, 0.15) is 5.60 Å². The van der Waals surface area contributed by atoms with Gasteiger partial charge in [-0.1, -0.05) is 5.21 Å². The van der Waals surface area contributed by atoms with Crippen molar-refractivity contribution in [3.8, 4) is 0 Å². The number of ketones is 1. The summed E-state index contributed by atoms with van der Waals surface area (Å²) in [5.74, 6) is -0.146. The Morgan fingerprint density at radius 1 is 1.26 bits per heavy atom. The zero-order valence-electron chi connectivity index (χ0n) is 11.6. The van der Waals surface area contributed by atoms with E-state index in [0.29, 0.717) is 31.0 Å². The molecule has 0 saturated carbocycles. The molecule has 0 saturated heterocycles. The van der Waals surface area contributed by atoms with E-state index in [1.165, 1.54) is 6.92 Å². The number of Topliss-reactive ketones (excluding diaryl/α,β-unsaturated/α-hetero) is 1. The minimum absolute atomic E-state index is 0.146. The summed E-state index contributed by atoms with van der Waals surface area (Å²) in [6.07, 6.45) is -0.380. The molecule has 1 aliphatic heterocycles. The van der Waals surface area contributed by atoms with Crippen LogP contribution in [-0.4, -0.2) is 43.9 Å². The fourth-order valence-electron chi connectivity index (χ4n) is 1.90. The lowest BCUT2D eigenvalue weighted by atomic mass is 10.2. The molecular formula is C12H18N4O3. The molecule has 19 heavy (non-hydrogen) atoms. The molecule has 2 heterocycles. The predicted octanol–water partition coefficient (Wildman–Crippen LogP) is 1.23. The van der Waals surface area contributed by atoms with Gasteiger partial charge in [0.25, 0.3) is 0 Å². The number of aromatic nitrogens is 3. The lowest BCUT2D eigenvalue weighted by Crippen LogP contribution is -2.41. The van der Waals surface area contributed by atoms with E-state index in [1.807, 2.05) is 20.8 Å². The van der Waals surface area contributed by atoms with Gasteiger partial charge in [-0.2, -0.15) is 0 Å². The van der Waals surface area contributed by atoms with Crippen LogP contribution in [0.25, 0.3) is 0 Å². The highest BCUT2D eigenvalue weighted by Gasteiger charge is 2.29. The van der Waals surface area contributed by atoms with E-state index < -0.39 is 5.60 Å². The maximum Gasteiger partial charge on any atom is 0.410 e. The molecular weight excluding hydrogens is 248 g/mol. The summed E-state index contributed by atoms with van der Waals surface area (Å²) in [5.41, 5.74) is 0.467. The number of hydrogen-bond acceptors (Lipinski definition) is 5. The second-order valence-corrected chi connectivity index (χ2v) is 5.57. The molecule has 0 N–H and O–H groups in total. The number of ether oxygens (including phenoxy) is 1. The van der Waals surface area contributed by atoms with Gasteiger partial charge in [0.2, 0.25) is 0 Å². The van der Waals surface area contributed by atoms with Crippen molar-refractivity contribution in [2.75, 3.05) is 6.54 Å². The van der Waals surface area contributed by atoms with Gasteiger partial charge in [0, 0.05) is 13.5 Å². The monoisotopic (exact) mass is 266 g/mol. The molecule has 7 nitrogen and oxygen atoms in total. The quantitative estimate of drug-likeness (QED) is 0.714. The number of amides is 1. The average Bonchev–Trinajstić information content (AvgIpc) is 2.68. The Bertz CT molecular complexity index is 516. The lowest BCUT2D eigenvalue weighted by molar-refractivity contribution is 0.0193. The number of carbonyl (C=O) groups excluding carboxylic acids is 2. The van der Waals surface area contributed by atoms with Crippen LogP contribution in [0.15, 0.2) is 0 Å². The Morgan fingerprint density at radius 3 is 2.53 bits per heavy atom. The Balaban J connectivity index is 2.15. The Kier molecular flexibility index (Phi) is 3.30. The van der Waals surface area contributed by atoms with E-state index in [2.05, 4.69) is 10.3 Å². The van der Waals surface area contributed by atoms with E-state index in [-0.39, 0.29) is 11.9 Å². The molecule has 1 aromatic rings. The molecule has 0 aliphatic carbocycles. The molecule has 0 unspecified atom stereocenters. The van der Waals surface area contributed by atoms with Crippen molar-refractivity contribution in [3.05, 3.63) is 11.4 Å². The fourth-order valence-corrected chi connectivity index (χ4v) is 1.90. The highest BCUT2D eigenvalue weighted by molar-refractivity contribution is 5.93. The summed E-state index contributed by atoms with van der Waals surface area (Å²) >= 11 is 0. The predicted molar refractivity (Wildman–Crippen MR) is 66.7 cm³/mol. The van der Waals surface area contributed by atoms with Gasteiger partial charge in [-0.3, -0.25) is 4.79 Å². The van der Waals surface area contributed by atoms with Crippen LogP contribution in [0.5, 0.6) is 0 Å². The van der Waals surface area contributed by atoms with Crippen LogP contribution in [-0.2, 0) is 17.8 Å². The van der Waals surface area contributed by atoms with Gasteiger partial charge < -0.3 is 9.64 Å². The topological polar surface area (TPSA) is 77.3 Å². The second kappa shape index (κ2) is 4.64. The summed E-state index contributed by atoms with van der Waals surface area (Å²) in [6.45, 7) is 8.23. The molecule has 0 atom stereocenters. The van der Waals surface area contributed by atoms with Gasteiger partial charge in [0.15, 0.2) is 11.5 Å². The highest BCUT2D eigenvalue weighted by atomic mass is 16.6. The Labute approximate surface area is 111 Å². The van der Waals surface area contributed by atoms with Crippen molar-refractivity contribution in [1.29, 1.82) is 0 Å². The number of hydrogen-bond donors (Lipinski definition) is 0. The minimum Gasteiger partial charge on any atom is -0.444 e. The summed E-state index contributed by atoms with van der Waals surface area (Å²) < 4.78 is 6.99. The van der Waals surface area contributed by atoms with Crippen molar-refractivity contribution in [2.45, 2.75) is 46.4 Å². The minimum atomic E-state index is -0.531. The lowest BCUT2D eigenvalue weighted by Gasteiger charge is -2.30. The van der Waals surface area contributed by atoms with Crippen LogP contribution in [0, 0.1) is 0 Å². The number of fused-ring (bicyclic) bond motifs is 1. The summed E-state index contributed by atoms with van der Waals surface area (Å²) in [5, 5.41) is 7.76. The molecule has 0 aromatic carbocycles. The van der Waals surface area contributed by atoms with E-state index >= 15 is 0 Å². The van der Waals surface area contributed by atoms with Gasteiger partial charge in [0.05, 0.1) is 18.8 Å². The van der Waals surface area contributed by atoms with Crippen LogP contribution in [0.1, 0.15) is 43.9 Å². The van der Waals surface area contributed by atoms with E-state index in [1.54, 1.807) is 9.58 Å². The molecule has 7 heteroatoms. The maximum atomic E-state index is 12.0. The van der Waals surface area contributed by atoms with Gasteiger partial charge in [-0.25, -0.2) is 9.48 Å². The third-order valence-corrected chi connectivity index (χ3v) is 2.75. The maximum absolute atomic E-state index is 12.0. The zero-order valence-corrected chi connectivity index (χ0v) is 11.6. The molecule has 2 rings (SSSR count). The first-order valence-corrected chi connectivity index (χ1v) is 6.19. The first-order chi connectivity index (χ1) is 8.78. The van der Waals surface area contributed by atoms with Crippen LogP contribution >= 0.6 is 0 Å². The van der Waals surface area contributed by atoms with Gasteiger partial charge >= 0.3 is 6.09 Å². The van der Waals surface area contributed by atoms with Gasteiger partial charge in [-0.05, 0) is 20.8 Å². The SMILES string of the molecule is CC(=O)c1nnn2c1CN(C(=O)OC(C)(C)C)CC2. The van der Waals surface area contributed by atoms with Crippen LogP contribution in [0.2, 0.25) is 0 Å². The normalized spacial score (nSPS) is 15.1. The van der Waals surface area contributed by atoms with Crippen LogP contribution in [0.4, 0.5) is 4.79 Å². The standard InChI is InChI=1S/C12H18N4O3/c1-8(17)10-9-7-15(5-6-16(9)14-13-10)11(18)19-12(2,3)4/h5-7H2,1-4H3. The van der Waals surface area contributed by atoms with Crippen molar-refractivity contribution in [2.24, 2.45) is 0 Å². The van der Waals surface area contributed by atoms with E-state index in [9.17, 15) is 9.59 Å². The highest BCUT2D eigenvalue weighted by Crippen LogP contribution is 2.18. The molecule has 104 valence electrons. The zero-order chi connectivity index (χ0) is 14.2. The first kappa shape index (κ1) is 13.5. The molecule has 0 radical (unpaired) electrons. The van der Waals surface area contributed by atoms with E-state index in [4.69, 9.17) is 4.74 Å². The molecule has 0 bridgehead atoms. The van der Waals surface area contributed by atoms with Gasteiger partial charge in [-0.15, -0.1) is 5.10 Å². The van der Waals surface area contributed by atoms with Crippen LogP contribution < -0.4 is 0 Å². The summed E-state index contributed by atoms with van der Waals surface area (Å²) in [4.78, 5) is 25.0. The van der Waals surface area contributed by atoms with Crippen molar-refractivity contribution < 1.29 is 14.3 Å². The molecule has 1 aliphatic rings. The molecule has 1 aromatic heterocycles. The fraction of sp³-hybridized carbons (Fsp3) is 0.667. The van der Waals surface area contributed by atoms with Crippen LogP contribution in [0.3, 0.4) is 0 Å². The largest absolute Gasteiger partial charge is 0.444 e. The van der Waals surface area contributed by atoms with E-state index in [0.717, 1.165) is 0 Å². The van der Waals surface area contributed by atoms with Crippen molar-refractivity contribution >= 4 is 11.9 Å². The first-order valence-electron chi connectivity index (χ1n) is 6.19. The average molecular weight is 266 g/mol. The third-order valence-electron chi connectivity index (χ3n) is 2.75. The molecule has 0 spiro atoms. The van der Waals surface area contributed by atoms with Crippen molar-refractivity contribution in [1.82, 2.24) is 19.9 Å². The molecule has 1 amide bonds. The Morgan fingerprint density at radius 2 is 1.95 bits per heavy atom.